The highest BCUT2D eigenvalue weighted by molar-refractivity contribution is 6.76. The highest BCUT2D eigenvalue weighted by atomic mass is 28.3. The van der Waals surface area contributed by atoms with Crippen LogP contribution in [0.2, 0.25) is 25.7 Å². The Balaban J connectivity index is 1.87. The number of hydrogen-bond donors (Lipinski definition) is 0. The van der Waals surface area contributed by atoms with Gasteiger partial charge in [-0.2, -0.15) is 13.8 Å². The number of pyridine rings is 1. The predicted octanol–water partition coefficient (Wildman–Crippen LogP) is 3.07. The molecule has 138 valence electrons. The SMILES string of the molecule is C[Si](C)(C)CCOCN1C(=O)C2(CCOCC2)c2c1cc(F)nc2F. The largest absolute Gasteiger partial charge is 0.381 e. The first-order chi connectivity index (χ1) is 11.7. The van der Waals surface area contributed by atoms with Crippen molar-refractivity contribution in [1.29, 1.82) is 0 Å². The molecule has 2 aliphatic rings. The van der Waals surface area contributed by atoms with E-state index in [9.17, 15) is 13.6 Å². The molecule has 0 N–H and O–H groups in total. The summed E-state index contributed by atoms with van der Waals surface area (Å²) in [5.41, 5.74) is -0.582. The van der Waals surface area contributed by atoms with Crippen molar-refractivity contribution in [3.05, 3.63) is 23.5 Å². The van der Waals surface area contributed by atoms with E-state index in [1.807, 2.05) is 0 Å². The van der Waals surface area contributed by atoms with E-state index in [2.05, 4.69) is 24.6 Å². The average molecular weight is 370 g/mol. The molecule has 0 aromatic carbocycles. The van der Waals surface area contributed by atoms with E-state index in [4.69, 9.17) is 9.47 Å². The number of rotatable bonds is 5. The van der Waals surface area contributed by atoms with Crippen LogP contribution >= 0.6 is 0 Å². The highest BCUT2D eigenvalue weighted by Crippen LogP contribution is 2.48. The van der Waals surface area contributed by atoms with Crippen molar-refractivity contribution in [3.63, 3.8) is 0 Å². The molecule has 8 heteroatoms. The lowest BCUT2D eigenvalue weighted by atomic mass is 9.75. The van der Waals surface area contributed by atoms with Crippen LogP contribution in [0.1, 0.15) is 18.4 Å². The van der Waals surface area contributed by atoms with Crippen LogP contribution in [0, 0.1) is 11.9 Å². The number of carbonyl (C=O) groups is 1. The van der Waals surface area contributed by atoms with Crippen LogP contribution in [0.15, 0.2) is 6.07 Å². The van der Waals surface area contributed by atoms with Gasteiger partial charge in [0.25, 0.3) is 0 Å². The first kappa shape index (κ1) is 18.4. The van der Waals surface area contributed by atoms with Crippen LogP contribution in [0.5, 0.6) is 0 Å². The first-order valence-corrected chi connectivity index (χ1v) is 12.3. The minimum absolute atomic E-state index is 0.00180. The van der Waals surface area contributed by atoms with Crippen LogP contribution in [-0.2, 0) is 19.7 Å². The van der Waals surface area contributed by atoms with Gasteiger partial charge in [-0.05, 0) is 18.9 Å². The van der Waals surface area contributed by atoms with Crippen LogP contribution in [0.25, 0.3) is 0 Å². The maximum atomic E-state index is 14.5. The number of hydrogen-bond acceptors (Lipinski definition) is 4. The maximum Gasteiger partial charge on any atom is 0.239 e. The van der Waals surface area contributed by atoms with Crippen molar-refractivity contribution >= 4 is 19.7 Å². The fraction of sp³-hybridized carbons (Fsp3) is 0.647. The van der Waals surface area contributed by atoms with Gasteiger partial charge >= 0.3 is 0 Å². The minimum Gasteiger partial charge on any atom is -0.381 e. The van der Waals surface area contributed by atoms with E-state index in [1.165, 1.54) is 4.90 Å². The molecule has 1 saturated heterocycles. The van der Waals surface area contributed by atoms with Gasteiger partial charge in [-0.15, -0.1) is 0 Å². The van der Waals surface area contributed by atoms with Gasteiger partial charge < -0.3 is 9.47 Å². The molecule has 0 radical (unpaired) electrons. The number of aromatic nitrogens is 1. The van der Waals surface area contributed by atoms with Gasteiger partial charge in [0.05, 0.1) is 11.1 Å². The van der Waals surface area contributed by atoms with E-state index >= 15 is 0 Å². The van der Waals surface area contributed by atoms with Gasteiger partial charge in [0, 0.05) is 39.5 Å². The zero-order valence-electron chi connectivity index (χ0n) is 14.9. The van der Waals surface area contributed by atoms with Crippen LogP contribution in [0.3, 0.4) is 0 Å². The molecule has 0 bridgehead atoms. The quantitative estimate of drug-likeness (QED) is 0.454. The normalized spacial score (nSPS) is 19.6. The third kappa shape index (κ3) is 3.47. The van der Waals surface area contributed by atoms with Crippen molar-refractivity contribution in [2.75, 3.05) is 31.5 Å². The van der Waals surface area contributed by atoms with Gasteiger partial charge in [0.15, 0.2) is 0 Å². The van der Waals surface area contributed by atoms with E-state index in [0.717, 1.165) is 12.1 Å². The molecule has 5 nitrogen and oxygen atoms in total. The van der Waals surface area contributed by atoms with Gasteiger partial charge in [-0.3, -0.25) is 9.69 Å². The fourth-order valence-corrected chi connectivity index (χ4v) is 4.21. The smallest absolute Gasteiger partial charge is 0.239 e. The van der Waals surface area contributed by atoms with Crippen molar-refractivity contribution < 1.29 is 23.0 Å². The van der Waals surface area contributed by atoms with Crippen molar-refractivity contribution in [2.45, 2.75) is 43.9 Å². The molecule has 3 rings (SSSR count). The Morgan fingerprint density at radius 3 is 2.64 bits per heavy atom. The molecule has 0 aliphatic carbocycles. The predicted molar refractivity (Wildman–Crippen MR) is 92.3 cm³/mol. The lowest BCUT2D eigenvalue weighted by Crippen LogP contribution is -2.45. The number of carbonyl (C=O) groups excluding carboxylic acids is 1. The van der Waals surface area contributed by atoms with E-state index < -0.39 is 25.4 Å². The second-order valence-electron chi connectivity index (χ2n) is 7.91. The Kier molecular flexibility index (Phi) is 4.96. The third-order valence-electron chi connectivity index (χ3n) is 4.91. The molecule has 1 amide bonds. The van der Waals surface area contributed by atoms with E-state index in [1.54, 1.807) is 0 Å². The molecule has 0 atom stereocenters. The Labute approximate surface area is 147 Å². The molecule has 25 heavy (non-hydrogen) atoms. The summed E-state index contributed by atoms with van der Waals surface area (Å²) in [4.78, 5) is 17.7. The van der Waals surface area contributed by atoms with Crippen molar-refractivity contribution in [1.82, 2.24) is 4.98 Å². The topological polar surface area (TPSA) is 51.7 Å². The van der Waals surface area contributed by atoms with Gasteiger partial charge in [0.2, 0.25) is 17.8 Å². The molecule has 0 unspecified atom stereocenters. The number of ether oxygens (including phenoxy) is 2. The monoisotopic (exact) mass is 370 g/mol. The standard InChI is InChI=1S/C17H24F2N2O3Si/c1-25(2,3)9-8-24-11-21-12-10-13(18)20-15(19)14(12)17(16(21)22)4-6-23-7-5-17/h10H,4-9,11H2,1-3H3. The van der Waals surface area contributed by atoms with Crippen LogP contribution in [0.4, 0.5) is 14.5 Å². The lowest BCUT2D eigenvalue weighted by Gasteiger charge is -2.32. The molecular formula is C17H24F2N2O3Si. The van der Waals surface area contributed by atoms with E-state index in [-0.39, 0.29) is 23.9 Å². The van der Waals surface area contributed by atoms with E-state index in [0.29, 0.717) is 32.7 Å². The summed E-state index contributed by atoms with van der Waals surface area (Å²) in [5.74, 6) is -2.08. The average Bonchev–Trinajstić information content (AvgIpc) is 2.73. The maximum absolute atomic E-state index is 14.5. The summed E-state index contributed by atoms with van der Waals surface area (Å²) in [5, 5.41) is 0. The van der Waals surface area contributed by atoms with Crippen molar-refractivity contribution in [3.8, 4) is 0 Å². The summed E-state index contributed by atoms with van der Waals surface area (Å²) in [6.45, 7) is 7.97. The highest BCUT2D eigenvalue weighted by Gasteiger charge is 2.54. The molecule has 1 aromatic heterocycles. The number of nitrogens with zero attached hydrogens (tertiary/aromatic N) is 2. The lowest BCUT2D eigenvalue weighted by molar-refractivity contribution is -0.127. The summed E-state index contributed by atoms with van der Waals surface area (Å²) in [6, 6.07) is 2.09. The molecule has 2 aliphatic heterocycles. The summed E-state index contributed by atoms with van der Waals surface area (Å²) < 4.78 is 39.2. The Morgan fingerprint density at radius 2 is 2.00 bits per heavy atom. The second-order valence-corrected chi connectivity index (χ2v) is 13.5. The Hall–Kier alpha value is -1.38. The zero-order chi connectivity index (χ0) is 18.2. The number of anilines is 1. The number of amides is 1. The van der Waals surface area contributed by atoms with Gasteiger partial charge in [-0.25, -0.2) is 0 Å². The summed E-state index contributed by atoms with van der Waals surface area (Å²) in [6.07, 6.45) is 0.739. The molecule has 3 heterocycles. The Bertz CT molecular complexity index is 673. The number of halogens is 2. The number of fused-ring (bicyclic) bond motifs is 2. The van der Waals surface area contributed by atoms with Crippen LogP contribution < -0.4 is 4.90 Å². The summed E-state index contributed by atoms with van der Waals surface area (Å²) >= 11 is 0. The molecule has 1 spiro atoms. The fourth-order valence-electron chi connectivity index (χ4n) is 3.45. The molecular weight excluding hydrogens is 346 g/mol. The van der Waals surface area contributed by atoms with Gasteiger partial charge in [-0.1, -0.05) is 19.6 Å². The third-order valence-corrected chi connectivity index (χ3v) is 6.61. The molecule has 0 saturated carbocycles. The minimum atomic E-state index is -1.25. The molecule has 1 fully saturated rings. The zero-order valence-corrected chi connectivity index (χ0v) is 15.9. The molecule has 1 aromatic rings. The summed E-state index contributed by atoms with van der Waals surface area (Å²) in [7, 11) is -1.25. The van der Waals surface area contributed by atoms with Crippen LogP contribution in [-0.4, -0.2) is 45.5 Å². The Morgan fingerprint density at radius 1 is 1.32 bits per heavy atom. The van der Waals surface area contributed by atoms with Gasteiger partial charge in [0.1, 0.15) is 6.73 Å². The van der Waals surface area contributed by atoms with Crippen molar-refractivity contribution in [2.24, 2.45) is 0 Å². The first-order valence-electron chi connectivity index (χ1n) is 8.59. The second kappa shape index (κ2) is 6.73.